The maximum Gasteiger partial charge on any atom is 1.00 e. The summed E-state index contributed by atoms with van der Waals surface area (Å²) in [5.41, 5.74) is 0. The van der Waals surface area contributed by atoms with Crippen LogP contribution in [-0.4, -0.2) is 174 Å². The van der Waals surface area contributed by atoms with E-state index in [2.05, 4.69) is 458 Å². The molecule has 0 atom stereocenters. The van der Waals surface area contributed by atoms with Crippen LogP contribution in [0.2, 0.25) is 0 Å². The molecule has 60 heavy (non-hydrogen) atoms. The summed E-state index contributed by atoms with van der Waals surface area (Å²) < 4.78 is 2.67. The Morgan fingerprint density at radius 2 is 0.600 bits per heavy atom. The van der Waals surface area contributed by atoms with Crippen LogP contribution in [0.4, 0.5) is 0 Å². The molecular formula is C6H11B24I20N3NaO6+. The number of hydrogen-bond acceptors (Lipinski definition) is 6. The zero-order valence-electron chi connectivity index (χ0n) is 30.1. The molecule has 0 rings (SSSR count). The molecule has 0 aromatic heterocycles. The van der Waals surface area contributed by atoms with Crippen molar-refractivity contribution in [1.82, 2.24) is 15.2 Å². The first-order chi connectivity index (χ1) is 27.1. The Labute approximate surface area is 657 Å². The van der Waals surface area contributed by atoms with E-state index in [1.807, 2.05) is 4.72 Å². The molecule has 54 heteroatoms. The number of aliphatic hydroxyl groups excluding tert-OH is 3. The van der Waals surface area contributed by atoms with Crippen LogP contribution in [0.3, 0.4) is 0 Å². The van der Waals surface area contributed by atoms with Crippen LogP contribution in [-0.2, 0) is 14.4 Å². The van der Waals surface area contributed by atoms with Gasteiger partial charge in [0, 0.05) is 15.5 Å². The van der Waals surface area contributed by atoms with Crippen molar-refractivity contribution in [2.45, 2.75) is 0 Å². The fourth-order valence-corrected chi connectivity index (χ4v) is 33.5. The van der Waals surface area contributed by atoms with Crippen LogP contribution in [0.1, 0.15) is 0 Å². The van der Waals surface area contributed by atoms with E-state index in [1.165, 1.54) is 0 Å². The number of nitrogens with zero attached hydrogens (tertiary/aromatic N) is 1. The predicted molar refractivity (Wildman–Crippen MR) is 463 cm³/mol. The zero-order valence-corrected chi connectivity index (χ0v) is 75.2. The van der Waals surface area contributed by atoms with E-state index >= 15 is 0 Å². The van der Waals surface area contributed by atoms with Crippen LogP contribution in [0.15, 0.2) is 0 Å². The maximum atomic E-state index is 13.7. The van der Waals surface area contributed by atoms with E-state index in [9.17, 15) is 29.7 Å². The molecule has 9 nitrogen and oxygen atoms in total. The largest absolute Gasteiger partial charge is 1.00 e. The third-order valence-corrected chi connectivity index (χ3v) is 59.0. The third kappa shape index (κ3) is 26.1. The van der Waals surface area contributed by atoms with Crippen molar-refractivity contribution < 1.29 is 59.3 Å². The van der Waals surface area contributed by atoms with Crippen molar-refractivity contribution in [3.63, 3.8) is 0 Å². The summed E-state index contributed by atoms with van der Waals surface area (Å²) in [6, 6.07) is 0. The molecule has 0 bridgehead atoms. The average molecular weight is 3040 g/mol. The van der Waals surface area contributed by atoms with Crippen LogP contribution < -0.4 is 40.0 Å². The molecule has 0 saturated heterocycles. The first-order valence-electron chi connectivity index (χ1n) is 16.1. The molecule has 0 heterocycles. The number of carbonyl (C=O) groups excluding carboxylic acids is 3. The molecule has 0 aliphatic carbocycles. The molecule has 5 N–H and O–H groups in total. The molecule has 298 valence electrons. The van der Waals surface area contributed by atoms with Crippen molar-refractivity contribution in [3.05, 3.63) is 0 Å². The van der Waals surface area contributed by atoms with Gasteiger partial charge in [-0.15, -0.1) is 44.7 Å². The number of nitrogens with one attached hydrogen (secondary N) is 2. The van der Waals surface area contributed by atoms with Crippen LogP contribution in [0, 0.1) is 0 Å². The monoisotopic (exact) mass is 3050 g/mol. The molecule has 3 amide bonds. The zero-order chi connectivity index (χ0) is 46.5. The smallest absolute Gasteiger partial charge is 0.423 e. The Hall–Kier alpha value is 15.4. The fourth-order valence-electron chi connectivity index (χ4n) is 4.78. The van der Waals surface area contributed by atoms with Crippen molar-refractivity contribution in [1.29, 1.82) is 0 Å². The van der Waals surface area contributed by atoms with E-state index in [-0.39, 0.29) is 136 Å². The molecule has 0 unspecified atom stereocenters. The number of hydrogen-bond donors (Lipinski definition) is 5. The Morgan fingerprint density at radius 1 is 0.383 bits per heavy atom. The van der Waals surface area contributed by atoms with Crippen molar-refractivity contribution in [3.8, 4) is 0 Å². The predicted octanol–water partition coefficient (Wildman–Crippen LogP) is 1.43. The van der Waals surface area contributed by atoms with Gasteiger partial charge in [0.15, 0.2) is 74.2 Å². The molecule has 4 radical (unpaired) electrons. The van der Waals surface area contributed by atoms with Gasteiger partial charge >= 0.3 is 29.6 Å². The Balaban J connectivity index is 0. The van der Waals surface area contributed by atoms with Gasteiger partial charge in [-0.2, -0.15) is 403 Å². The summed E-state index contributed by atoms with van der Waals surface area (Å²) in [7, 11) is 12.5. The Morgan fingerprint density at radius 3 is 0.817 bits per heavy atom. The minimum Gasteiger partial charge on any atom is -0.423 e. The first kappa shape index (κ1) is 77.5. The normalized spacial score (nSPS) is 9.98. The van der Waals surface area contributed by atoms with E-state index in [0.717, 1.165) is 0 Å². The van der Waals surface area contributed by atoms with Gasteiger partial charge < -0.3 is 30.5 Å². The summed E-state index contributed by atoms with van der Waals surface area (Å²) in [6.45, 7) is -2.21. The van der Waals surface area contributed by atoms with Gasteiger partial charge in [-0.3, -0.25) is 14.4 Å². The minimum atomic E-state index is -0.598. The van der Waals surface area contributed by atoms with Crippen molar-refractivity contribution in [2.75, 3.05) is 19.8 Å². The number of aliphatic hydroxyl groups is 3. The summed E-state index contributed by atoms with van der Waals surface area (Å²) in [5.74, 6) is -1.14. The Kier molecular flexibility index (Phi) is 53.5. The topological polar surface area (TPSA) is 139 Å². The van der Waals surface area contributed by atoms with E-state index in [1.54, 1.807) is 0 Å². The summed E-state index contributed by atoms with van der Waals surface area (Å²) in [4.78, 5) is 38.9. The van der Waals surface area contributed by atoms with Crippen molar-refractivity contribution in [2.24, 2.45) is 0 Å². The van der Waals surface area contributed by atoms with E-state index < -0.39 is 31.6 Å². The third-order valence-electron chi connectivity index (χ3n) is 8.05. The number of rotatable bonds is 27. The van der Waals surface area contributed by atoms with Gasteiger partial charge in [0.2, 0.25) is 26.4 Å². The van der Waals surface area contributed by atoms with E-state index in [0.29, 0.717) is 0 Å². The molecule has 0 aromatic rings. The van der Waals surface area contributed by atoms with Crippen LogP contribution in [0.5, 0.6) is 0 Å². The number of carbonyl (C=O) groups is 3. The number of amides is 3. The quantitative estimate of drug-likeness (QED) is 0.0625. The molecule has 0 aliphatic rings. The molecular weight excluding hydrogens is 3030 g/mol. The SMILES string of the molecule is [B]B(I)B(I)B(I)B(I)B(NC(=O)CO)B(I)B(I)B(I)B(I)B(I)B(I)N(B(I)B(I)B(I)B(I)B(I)B(I)B(NC(=O)CO)B(I)B(I)B(I)B([B])I)C(=O)CO.[Na+]. The maximum absolute atomic E-state index is 13.7. The van der Waals surface area contributed by atoms with Crippen molar-refractivity contribution >= 4 is 581 Å². The Bertz CT molecular complexity index is 1220. The molecule has 0 fully saturated rings. The second kappa shape index (κ2) is 41.4. The molecule has 0 aromatic carbocycles. The number of halogens is 20. The van der Waals surface area contributed by atoms with Gasteiger partial charge in [-0.05, 0) is 0 Å². The van der Waals surface area contributed by atoms with Gasteiger partial charge in [-0.25, -0.2) is 0 Å². The second-order valence-corrected chi connectivity index (χ2v) is 40.6. The second-order valence-electron chi connectivity index (χ2n) is 12.2. The van der Waals surface area contributed by atoms with E-state index in [4.69, 9.17) is 15.5 Å². The van der Waals surface area contributed by atoms with Crippen LogP contribution >= 0.6 is 447 Å². The van der Waals surface area contributed by atoms with Gasteiger partial charge in [-0.1, -0.05) is 0 Å². The standard InChI is InChI=1S/C6H11B24I20N3O6.Na/c7-9(31)11(33)13(35)21(43)27(51-4(57)1-54)23(45)17(39)15(37)19(41)25(47)29(49)53(6(59)3-56)30(50)26(48)20(42)16(38)18(40)24(46)28(52-5(58)2-55)22(44)14(36)12(34)10(8)32;/h54-56H,1-3H2,(H,51,57)(H,52,58);/q;+1. The molecule has 0 saturated carbocycles. The minimum absolute atomic E-state index is 0. The molecule has 0 spiro atoms. The van der Waals surface area contributed by atoms with Crippen LogP contribution in [0.25, 0.3) is 0 Å². The summed E-state index contributed by atoms with van der Waals surface area (Å²) >= 11 is 48.6. The first-order valence-corrected chi connectivity index (χ1v) is 41.0. The summed E-state index contributed by atoms with van der Waals surface area (Å²) in [6.07, 6.45) is 0. The molecule has 0 aliphatic heterocycles. The summed E-state index contributed by atoms with van der Waals surface area (Å²) in [5, 5.41) is 35.9. The fraction of sp³-hybridized carbons (Fsp3) is 0.500. The van der Waals surface area contributed by atoms with Gasteiger partial charge in [0.25, 0.3) is 9.19 Å². The van der Waals surface area contributed by atoms with Gasteiger partial charge in [0.05, 0.1) is 0 Å². The average Bonchev–Trinajstić information content (AvgIpc) is 3.22. The van der Waals surface area contributed by atoms with Gasteiger partial charge in [0.1, 0.15) is 28.5 Å².